The lowest BCUT2D eigenvalue weighted by molar-refractivity contribution is -0.192. The topological polar surface area (TPSA) is 49.5 Å². The van der Waals surface area contributed by atoms with Gasteiger partial charge >= 0.3 is 0 Å². The highest BCUT2D eigenvalue weighted by atomic mass is 16.5. The molecule has 1 unspecified atom stereocenters. The molecule has 0 radical (unpaired) electrons. The summed E-state index contributed by atoms with van der Waals surface area (Å²) in [6.07, 6.45) is 12.1. The second-order valence-corrected chi connectivity index (χ2v) is 5.61. The zero-order chi connectivity index (χ0) is 11.4. The second kappa shape index (κ2) is 5.48. The predicted octanol–water partition coefficient (Wildman–Crippen LogP) is 2.88. The summed E-state index contributed by atoms with van der Waals surface area (Å²) in [7, 11) is 0. The second-order valence-electron chi connectivity index (χ2n) is 5.61. The van der Waals surface area contributed by atoms with Crippen LogP contribution in [0.5, 0.6) is 0 Å². The Bertz CT molecular complexity index is 214. The van der Waals surface area contributed by atoms with Crippen molar-refractivity contribution in [1.29, 1.82) is 0 Å². The maximum atomic E-state index is 10.2. The molecule has 2 fully saturated rings. The molecule has 0 aromatic heterocycles. The lowest BCUT2D eigenvalue weighted by Gasteiger charge is -2.41. The number of hydrogen-bond donors (Lipinski definition) is 2. The first-order valence-corrected chi connectivity index (χ1v) is 6.99. The molecule has 3 heteroatoms. The molecule has 0 bridgehead atoms. The fourth-order valence-corrected chi connectivity index (χ4v) is 3.38. The molecule has 2 rings (SSSR count). The van der Waals surface area contributed by atoms with Crippen LogP contribution in [0.15, 0.2) is 0 Å². The van der Waals surface area contributed by atoms with E-state index in [9.17, 15) is 5.21 Å². The van der Waals surface area contributed by atoms with E-state index in [2.05, 4.69) is 0 Å². The molecule has 0 spiro atoms. The fourth-order valence-electron chi connectivity index (χ4n) is 3.38. The van der Waals surface area contributed by atoms with Crippen LogP contribution in [-0.4, -0.2) is 22.5 Å². The summed E-state index contributed by atoms with van der Waals surface area (Å²) >= 11 is 0. The summed E-state index contributed by atoms with van der Waals surface area (Å²) in [5.74, 6) is 0.498. The maximum Gasteiger partial charge on any atom is 0.0953 e. The highest BCUT2D eigenvalue weighted by Gasteiger charge is 2.40. The van der Waals surface area contributed by atoms with Gasteiger partial charge in [-0.05, 0) is 31.6 Å². The standard InChI is InChI=1S/C13H26N2O/c14-13(10-6-3-7-11-15(13)16)12-8-4-1-2-5-9-12/h12,16H,1-11,14H2. The highest BCUT2D eigenvalue weighted by Crippen LogP contribution is 2.36. The molecule has 0 aromatic carbocycles. The number of nitrogens with zero attached hydrogens (tertiary/aromatic N) is 1. The van der Waals surface area contributed by atoms with Gasteiger partial charge in [-0.3, -0.25) is 0 Å². The molecule has 1 aliphatic carbocycles. The quantitative estimate of drug-likeness (QED) is 0.676. The molecule has 0 amide bonds. The van der Waals surface area contributed by atoms with Gasteiger partial charge in [0, 0.05) is 6.54 Å². The summed E-state index contributed by atoms with van der Waals surface area (Å²) in [5.41, 5.74) is 6.09. The lowest BCUT2D eigenvalue weighted by Crippen LogP contribution is -2.59. The number of nitrogens with two attached hydrogens (primary N) is 1. The van der Waals surface area contributed by atoms with E-state index >= 15 is 0 Å². The van der Waals surface area contributed by atoms with Crippen molar-refractivity contribution in [3.05, 3.63) is 0 Å². The van der Waals surface area contributed by atoms with Crippen LogP contribution in [0, 0.1) is 5.92 Å². The molecule has 1 saturated carbocycles. The molecule has 2 aliphatic rings. The van der Waals surface area contributed by atoms with Crippen molar-refractivity contribution >= 4 is 0 Å². The summed E-state index contributed by atoms with van der Waals surface area (Å²) in [5, 5.41) is 11.6. The molecular formula is C13H26N2O. The summed E-state index contributed by atoms with van der Waals surface area (Å²) in [6.45, 7) is 0.757. The Hall–Kier alpha value is -0.120. The van der Waals surface area contributed by atoms with Gasteiger partial charge in [0.05, 0.1) is 5.66 Å². The van der Waals surface area contributed by atoms with Gasteiger partial charge in [-0.25, -0.2) is 0 Å². The van der Waals surface area contributed by atoms with Gasteiger partial charge in [-0.1, -0.05) is 38.5 Å². The normalized spacial score (nSPS) is 35.6. The van der Waals surface area contributed by atoms with E-state index in [0.717, 1.165) is 19.4 Å². The average Bonchev–Trinajstić information content (AvgIpc) is 2.63. The van der Waals surface area contributed by atoms with Crippen molar-refractivity contribution in [2.45, 2.75) is 69.9 Å². The Morgan fingerprint density at radius 3 is 2.25 bits per heavy atom. The van der Waals surface area contributed by atoms with Crippen molar-refractivity contribution in [2.75, 3.05) is 6.54 Å². The minimum absolute atomic E-state index is 0.430. The van der Waals surface area contributed by atoms with Crippen LogP contribution in [-0.2, 0) is 0 Å². The van der Waals surface area contributed by atoms with Gasteiger partial charge in [0.25, 0.3) is 0 Å². The zero-order valence-electron chi connectivity index (χ0n) is 10.3. The zero-order valence-corrected chi connectivity index (χ0v) is 10.3. The van der Waals surface area contributed by atoms with Crippen molar-refractivity contribution in [1.82, 2.24) is 5.06 Å². The Labute approximate surface area is 99.0 Å². The fraction of sp³-hybridized carbons (Fsp3) is 1.00. The average molecular weight is 226 g/mol. The van der Waals surface area contributed by atoms with Crippen LogP contribution in [0.3, 0.4) is 0 Å². The van der Waals surface area contributed by atoms with E-state index in [1.807, 2.05) is 0 Å². The maximum absolute atomic E-state index is 10.2. The molecule has 94 valence electrons. The summed E-state index contributed by atoms with van der Waals surface area (Å²) < 4.78 is 0. The van der Waals surface area contributed by atoms with Gasteiger partial charge in [0.15, 0.2) is 0 Å². The van der Waals surface area contributed by atoms with E-state index in [1.54, 1.807) is 0 Å². The monoisotopic (exact) mass is 226 g/mol. The van der Waals surface area contributed by atoms with Crippen molar-refractivity contribution < 1.29 is 5.21 Å². The molecule has 1 aliphatic heterocycles. The molecule has 3 nitrogen and oxygen atoms in total. The summed E-state index contributed by atoms with van der Waals surface area (Å²) in [4.78, 5) is 0. The number of rotatable bonds is 1. The molecule has 3 N–H and O–H groups in total. The SMILES string of the molecule is NC1(C2CCCCCC2)CCCCCN1O. The first-order valence-electron chi connectivity index (χ1n) is 6.99. The number of hydroxylamine groups is 2. The molecule has 1 saturated heterocycles. The lowest BCUT2D eigenvalue weighted by atomic mass is 9.83. The third kappa shape index (κ3) is 2.58. The molecule has 1 heterocycles. The predicted molar refractivity (Wildman–Crippen MR) is 65.1 cm³/mol. The molecular weight excluding hydrogens is 200 g/mol. The van der Waals surface area contributed by atoms with Crippen molar-refractivity contribution in [3.8, 4) is 0 Å². The first kappa shape index (κ1) is 12.3. The molecule has 1 atom stereocenters. The number of hydrogen-bond acceptors (Lipinski definition) is 3. The van der Waals surface area contributed by atoms with Gasteiger partial charge in [0.2, 0.25) is 0 Å². The minimum Gasteiger partial charge on any atom is -0.312 e. The van der Waals surface area contributed by atoms with E-state index in [0.29, 0.717) is 5.92 Å². The molecule has 16 heavy (non-hydrogen) atoms. The largest absolute Gasteiger partial charge is 0.312 e. The van der Waals surface area contributed by atoms with Crippen LogP contribution in [0.4, 0.5) is 0 Å². The van der Waals surface area contributed by atoms with E-state index in [1.165, 1.54) is 56.4 Å². The third-order valence-electron chi connectivity index (χ3n) is 4.49. The van der Waals surface area contributed by atoms with Crippen LogP contribution in [0.2, 0.25) is 0 Å². The van der Waals surface area contributed by atoms with Crippen LogP contribution in [0.1, 0.15) is 64.2 Å². The van der Waals surface area contributed by atoms with Crippen LogP contribution in [0.25, 0.3) is 0 Å². The van der Waals surface area contributed by atoms with E-state index < -0.39 is 5.66 Å². The van der Waals surface area contributed by atoms with E-state index in [4.69, 9.17) is 5.73 Å². The summed E-state index contributed by atoms with van der Waals surface area (Å²) in [6, 6.07) is 0. The van der Waals surface area contributed by atoms with Gasteiger partial charge in [-0.15, -0.1) is 0 Å². The van der Waals surface area contributed by atoms with Crippen LogP contribution < -0.4 is 5.73 Å². The Balaban J connectivity index is 2.06. The smallest absolute Gasteiger partial charge is 0.0953 e. The Morgan fingerprint density at radius 1 is 0.938 bits per heavy atom. The van der Waals surface area contributed by atoms with Gasteiger partial charge in [0.1, 0.15) is 0 Å². The Morgan fingerprint density at radius 2 is 1.56 bits per heavy atom. The van der Waals surface area contributed by atoms with Crippen molar-refractivity contribution in [2.24, 2.45) is 11.7 Å². The van der Waals surface area contributed by atoms with Crippen LogP contribution >= 0.6 is 0 Å². The van der Waals surface area contributed by atoms with E-state index in [-0.39, 0.29) is 0 Å². The first-order chi connectivity index (χ1) is 7.73. The minimum atomic E-state index is -0.430. The molecule has 0 aromatic rings. The van der Waals surface area contributed by atoms with Crippen molar-refractivity contribution in [3.63, 3.8) is 0 Å². The highest BCUT2D eigenvalue weighted by molar-refractivity contribution is 4.90. The Kier molecular flexibility index (Phi) is 4.22. The third-order valence-corrected chi connectivity index (χ3v) is 4.49. The van der Waals surface area contributed by atoms with Gasteiger partial charge in [-0.2, -0.15) is 5.06 Å². The van der Waals surface area contributed by atoms with Gasteiger partial charge < -0.3 is 10.9 Å².